The van der Waals surface area contributed by atoms with Gasteiger partial charge in [0.2, 0.25) is 0 Å². The molecule has 0 saturated carbocycles. The third kappa shape index (κ3) is 4.35. The van der Waals surface area contributed by atoms with Crippen molar-refractivity contribution in [1.29, 1.82) is 0 Å². The molecule has 2 heterocycles. The van der Waals surface area contributed by atoms with Crippen LogP contribution in [0.1, 0.15) is 31.9 Å². The first-order valence-electron chi connectivity index (χ1n) is 8.62. The summed E-state index contributed by atoms with van der Waals surface area (Å²) in [6.07, 6.45) is 0.778. The van der Waals surface area contributed by atoms with E-state index in [2.05, 4.69) is 9.62 Å². The lowest BCUT2D eigenvalue weighted by atomic mass is 10.1. The van der Waals surface area contributed by atoms with E-state index in [0.717, 1.165) is 18.5 Å². The Morgan fingerprint density at radius 1 is 1.28 bits per heavy atom. The van der Waals surface area contributed by atoms with Crippen molar-refractivity contribution in [1.82, 2.24) is 13.9 Å². The maximum absolute atomic E-state index is 12.4. The van der Waals surface area contributed by atoms with Gasteiger partial charge in [0, 0.05) is 43.3 Å². The van der Waals surface area contributed by atoms with Gasteiger partial charge in [-0.05, 0) is 38.0 Å². The third-order valence-electron chi connectivity index (χ3n) is 5.08. The van der Waals surface area contributed by atoms with Crippen molar-refractivity contribution >= 4 is 21.8 Å². The quantitative estimate of drug-likeness (QED) is 0.839. The average Bonchev–Trinajstić information content (AvgIpc) is 2.95. The van der Waals surface area contributed by atoms with Crippen molar-refractivity contribution in [2.75, 3.05) is 26.7 Å². The first-order chi connectivity index (χ1) is 11.8. The number of nitrogens with one attached hydrogen (secondary N) is 1. The predicted molar refractivity (Wildman–Crippen MR) is 98.9 cm³/mol. The molecular formula is C17H26ClN3O3S. The largest absolute Gasteiger partial charge is 0.371 e. The molecule has 8 heteroatoms. The lowest BCUT2D eigenvalue weighted by molar-refractivity contribution is -0.0502. The monoisotopic (exact) mass is 387 g/mol. The Bertz CT molecular complexity index is 696. The standard InChI is InChI=1S/C17H26ClN3O3S/c1-12(2)20(3)25(22,23)19-15-8-16-11-24-17(10-21(16)9-15)13-4-6-14(18)7-5-13/h4-7,12,15-17,19H,8-11H2,1-3H3/t15-,16-,17+/m0/s1. The van der Waals surface area contributed by atoms with E-state index in [0.29, 0.717) is 18.2 Å². The number of fused-ring (bicyclic) bond motifs is 1. The fourth-order valence-electron chi connectivity index (χ4n) is 3.41. The lowest BCUT2D eigenvalue weighted by Crippen LogP contribution is -2.47. The summed E-state index contributed by atoms with van der Waals surface area (Å²) in [5.74, 6) is 0. The van der Waals surface area contributed by atoms with Crippen LogP contribution in [0.3, 0.4) is 0 Å². The molecule has 0 bridgehead atoms. The molecule has 2 aliphatic heterocycles. The highest BCUT2D eigenvalue weighted by Gasteiger charge is 2.39. The molecule has 2 fully saturated rings. The van der Waals surface area contributed by atoms with E-state index in [9.17, 15) is 8.42 Å². The van der Waals surface area contributed by atoms with E-state index < -0.39 is 10.2 Å². The van der Waals surface area contributed by atoms with E-state index >= 15 is 0 Å². The molecular weight excluding hydrogens is 362 g/mol. The molecule has 6 nitrogen and oxygen atoms in total. The van der Waals surface area contributed by atoms with Gasteiger partial charge in [-0.3, -0.25) is 4.90 Å². The smallest absolute Gasteiger partial charge is 0.279 e. The summed E-state index contributed by atoms with van der Waals surface area (Å²) in [5.41, 5.74) is 1.10. The summed E-state index contributed by atoms with van der Waals surface area (Å²) in [5, 5.41) is 0.711. The van der Waals surface area contributed by atoms with Crippen LogP contribution in [-0.2, 0) is 14.9 Å². The Balaban J connectivity index is 1.61. The van der Waals surface area contributed by atoms with Crippen molar-refractivity contribution in [3.63, 3.8) is 0 Å². The van der Waals surface area contributed by atoms with Gasteiger partial charge in [-0.15, -0.1) is 0 Å². The van der Waals surface area contributed by atoms with Crippen LogP contribution in [0.4, 0.5) is 0 Å². The molecule has 1 N–H and O–H groups in total. The lowest BCUT2D eigenvalue weighted by Gasteiger charge is -2.35. The molecule has 0 unspecified atom stereocenters. The second-order valence-corrected chi connectivity index (χ2v) is 9.34. The normalized spacial score (nSPS) is 27.8. The van der Waals surface area contributed by atoms with Crippen LogP contribution in [0.2, 0.25) is 5.02 Å². The fourth-order valence-corrected chi connectivity index (χ4v) is 4.85. The van der Waals surface area contributed by atoms with Crippen LogP contribution in [0, 0.1) is 0 Å². The van der Waals surface area contributed by atoms with Gasteiger partial charge in [0.05, 0.1) is 12.7 Å². The van der Waals surface area contributed by atoms with Crippen molar-refractivity contribution in [2.45, 2.75) is 44.5 Å². The molecule has 140 valence electrons. The minimum atomic E-state index is -3.46. The van der Waals surface area contributed by atoms with Gasteiger partial charge in [-0.1, -0.05) is 23.7 Å². The van der Waals surface area contributed by atoms with Crippen LogP contribution in [0.15, 0.2) is 24.3 Å². The van der Waals surface area contributed by atoms with Gasteiger partial charge in [0.1, 0.15) is 0 Å². The Labute approximate surface area is 155 Å². The average molecular weight is 388 g/mol. The molecule has 1 aromatic rings. The first kappa shape index (κ1) is 19.1. The second-order valence-electron chi connectivity index (χ2n) is 7.15. The van der Waals surface area contributed by atoms with Gasteiger partial charge >= 0.3 is 0 Å². The van der Waals surface area contributed by atoms with Crippen molar-refractivity contribution < 1.29 is 13.2 Å². The van der Waals surface area contributed by atoms with Crippen LogP contribution < -0.4 is 4.72 Å². The maximum Gasteiger partial charge on any atom is 0.279 e. The molecule has 2 saturated heterocycles. The molecule has 2 aliphatic rings. The molecule has 0 radical (unpaired) electrons. The molecule has 0 amide bonds. The van der Waals surface area contributed by atoms with Crippen LogP contribution in [0.25, 0.3) is 0 Å². The minimum Gasteiger partial charge on any atom is -0.371 e. The van der Waals surface area contributed by atoms with Crippen LogP contribution in [0.5, 0.6) is 0 Å². The van der Waals surface area contributed by atoms with Crippen LogP contribution >= 0.6 is 11.6 Å². The zero-order valence-corrected chi connectivity index (χ0v) is 16.4. The summed E-state index contributed by atoms with van der Waals surface area (Å²) in [7, 11) is -1.85. The molecule has 0 aromatic heterocycles. The van der Waals surface area contributed by atoms with E-state index in [1.165, 1.54) is 4.31 Å². The zero-order chi connectivity index (χ0) is 18.2. The van der Waals surface area contributed by atoms with Crippen molar-refractivity contribution in [3.05, 3.63) is 34.9 Å². The van der Waals surface area contributed by atoms with Gasteiger partial charge in [-0.25, -0.2) is 0 Å². The van der Waals surface area contributed by atoms with Crippen LogP contribution in [-0.4, -0.2) is 62.5 Å². The molecule has 0 spiro atoms. The molecule has 3 atom stereocenters. The Morgan fingerprint density at radius 3 is 2.60 bits per heavy atom. The van der Waals surface area contributed by atoms with E-state index in [4.69, 9.17) is 16.3 Å². The highest BCUT2D eigenvalue weighted by Crippen LogP contribution is 2.31. The van der Waals surface area contributed by atoms with Crippen molar-refractivity contribution in [3.8, 4) is 0 Å². The van der Waals surface area contributed by atoms with Gasteiger partial charge in [0.15, 0.2) is 0 Å². The summed E-state index contributed by atoms with van der Waals surface area (Å²) < 4.78 is 35.0. The van der Waals surface area contributed by atoms with E-state index in [-0.39, 0.29) is 24.2 Å². The van der Waals surface area contributed by atoms with E-state index in [1.807, 2.05) is 38.1 Å². The summed E-state index contributed by atoms with van der Waals surface area (Å²) in [6.45, 7) is 5.82. The summed E-state index contributed by atoms with van der Waals surface area (Å²) >= 11 is 5.95. The molecule has 3 rings (SSSR count). The maximum atomic E-state index is 12.4. The second kappa shape index (κ2) is 7.50. The number of ether oxygens (including phenoxy) is 1. The fraction of sp³-hybridized carbons (Fsp3) is 0.647. The summed E-state index contributed by atoms with van der Waals surface area (Å²) in [4.78, 5) is 2.32. The van der Waals surface area contributed by atoms with Gasteiger partial charge in [0.25, 0.3) is 10.2 Å². The number of morpholine rings is 1. The molecule has 1 aromatic carbocycles. The van der Waals surface area contributed by atoms with Gasteiger partial charge < -0.3 is 4.74 Å². The SMILES string of the molecule is CC(C)N(C)S(=O)(=O)N[C@H]1C[C@H]2CO[C@@H](c3ccc(Cl)cc3)CN2C1. The predicted octanol–water partition coefficient (Wildman–Crippen LogP) is 2.03. The topological polar surface area (TPSA) is 61.9 Å². The Hall–Kier alpha value is -0.700. The Kier molecular flexibility index (Phi) is 5.72. The van der Waals surface area contributed by atoms with E-state index in [1.54, 1.807) is 7.05 Å². The molecule has 25 heavy (non-hydrogen) atoms. The number of rotatable bonds is 5. The number of hydrogen-bond acceptors (Lipinski definition) is 4. The van der Waals surface area contributed by atoms with Gasteiger partial charge in [-0.2, -0.15) is 17.4 Å². The summed E-state index contributed by atoms with van der Waals surface area (Å²) in [6, 6.07) is 7.83. The highest BCUT2D eigenvalue weighted by molar-refractivity contribution is 7.87. The first-order valence-corrected chi connectivity index (χ1v) is 10.4. The third-order valence-corrected chi connectivity index (χ3v) is 7.14. The molecule has 0 aliphatic carbocycles. The number of benzene rings is 1. The number of hydrogen-bond donors (Lipinski definition) is 1. The Morgan fingerprint density at radius 2 is 1.96 bits per heavy atom. The number of halogens is 1. The number of nitrogens with zero attached hydrogens (tertiary/aromatic N) is 2. The minimum absolute atomic E-state index is 0.00205. The van der Waals surface area contributed by atoms with Crippen molar-refractivity contribution in [2.24, 2.45) is 0 Å². The zero-order valence-electron chi connectivity index (χ0n) is 14.9. The highest BCUT2D eigenvalue weighted by atomic mass is 35.5.